The van der Waals surface area contributed by atoms with E-state index in [0.29, 0.717) is 23.2 Å². The third-order valence-electron chi connectivity index (χ3n) is 6.47. The van der Waals surface area contributed by atoms with E-state index in [1.165, 1.54) is 31.7 Å². The van der Waals surface area contributed by atoms with Crippen LogP contribution in [-0.2, 0) is 11.3 Å². The molecule has 2 bridgehead atoms. The molecule has 2 saturated carbocycles. The third kappa shape index (κ3) is 3.70. The highest BCUT2D eigenvalue weighted by Gasteiger charge is 2.40. The van der Waals surface area contributed by atoms with Gasteiger partial charge in [0.05, 0.1) is 0 Å². The van der Waals surface area contributed by atoms with Crippen molar-refractivity contribution in [3.05, 3.63) is 34.6 Å². The molecule has 3 fully saturated rings. The summed E-state index contributed by atoms with van der Waals surface area (Å²) in [6.45, 7) is 2.16. The fraction of sp³-hybridized carbons (Fsp3) is 0.650. The average Bonchev–Trinajstić information content (AvgIpc) is 3.22. The zero-order valence-corrected chi connectivity index (χ0v) is 15.3. The number of halogens is 2. The van der Waals surface area contributed by atoms with E-state index in [2.05, 4.69) is 10.2 Å². The number of benzene rings is 1. The molecule has 0 radical (unpaired) electrons. The number of piperidine rings is 1. The van der Waals surface area contributed by atoms with E-state index < -0.39 is 0 Å². The van der Waals surface area contributed by atoms with Gasteiger partial charge < -0.3 is 5.32 Å². The van der Waals surface area contributed by atoms with E-state index >= 15 is 0 Å². The van der Waals surface area contributed by atoms with Crippen LogP contribution in [0.3, 0.4) is 0 Å². The Balaban J connectivity index is 1.27. The number of fused-ring (bicyclic) bond motifs is 2. The summed E-state index contributed by atoms with van der Waals surface area (Å²) < 4.78 is 13.9. The van der Waals surface area contributed by atoms with Crippen LogP contribution in [-0.4, -0.2) is 29.9 Å². The summed E-state index contributed by atoms with van der Waals surface area (Å²) in [6, 6.07) is 5.24. The van der Waals surface area contributed by atoms with Gasteiger partial charge in [-0.2, -0.15) is 0 Å². The van der Waals surface area contributed by atoms with Crippen molar-refractivity contribution in [2.45, 2.75) is 51.1 Å². The van der Waals surface area contributed by atoms with Gasteiger partial charge in [-0.25, -0.2) is 4.39 Å². The van der Waals surface area contributed by atoms with Gasteiger partial charge in [0.15, 0.2) is 0 Å². The molecule has 5 heteroatoms. The maximum absolute atomic E-state index is 13.9. The van der Waals surface area contributed by atoms with Crippen molar-refractivity contribution in [3.8, 4) is 0 Å². The molecule has 25 heavy (non-hydrogen) atoms. The Hall–Kier alpha value is -1.13. The second kappa shape index (κ2) is 7.24. The van der Waals surface area contributed by atoms with Crippen molar-refractivity contribution in [1.29, 1.82) is 0 Å². The van der Waals surface area contributed by atoms with E-state index in [1.54, 1.807) is 12.1 Å². The Labute approximate surface area is 153 Å². The lowest BCUT2D eigenvalue weighted by atomic mass is 9.92. The standard InChI is InChI=1S/C20H26ClFN2O/c21-17-2-1-3-18(22)16(17)12-24-8-6-14(7-9-24)20(25)23-19-11-13-4-5-15(19)10-13/h1-3,13-15,19H,4-12H2,(H,23,25)/t13-,15-,19+/m0/s1. The first kappa shape index (κ1) is 17.3. The molecule has 1 aliphatic heterocycles. The minimum Gasteiger partial charge on any atom is -0.353 e. The molecule has 0 unspecified atom stereocenters. The molecule has 3 nitrogen and oxygen atoms in total. The number of nitrogens with one attached hydrogen (secondary N) is 1. The molecule has 1 heterocycles. The molecule has 0 spiro atoms. The van der Waals surface area contributed by atoms with Gasteiger partial charge in [-0.05, 0) is 69.2 Å². The summed E-state index contributed by atoms with van der Waals surface area (Å²) in [6.07, 6.45) is 6.83. The molecule has 1 aromatic carbocycles. The lowest BCUT2D eigenvalue weighted by Crippen LogP contribution is -2.45. The molecule has 4 rings (SSSR count). The Morgan fingerprint density at radius 3 is 2.64 bits per heavy atom. The van der Waals surface area contributed by atoms with Crippen molar-refractivity contribution in [1.82, 2.24) is 10.2 Å². The van der Waals surface area contributed by atoms with Gasteiger partial charge in [0, 0.05) is 29.1 Å². The highest BCUT2D eigenvalue weighted by molar-refractivity contribution is 6.31. The van der Waals surface area contributed by atoms with E-state index in [1.807, 2.05) is 0 Å². The predicted octanol–water partition coefficient (Wildman–Crippen LogP) is 4.00. The lowest BCUT2D eigenvalue weighted by molar-refractivity contribution is -0.127. The number of likely N-dealkylation sites (tertiary alicyclic amines) is 1. The number of nitrogens with zero attached hydrogens (tertiary/aromatic N) is 1. The first-order valence-electron chi connectivity index (χ1n) is 9.56. The normalized spacial score (nSPS) is 29.9. The number of carbonyl (C=O) groups is 1. The number of hydrogen-bond acceptors (Lipinski definition) is 2. The number of hydrogen-bond donors (Lipinski definition) is 1. The summed E-state index contributed by atoms with van der Waals surface area (Å²) in [4.78, 5) is 14.8. The van der Waals surface area contributed by atoms with Gasteiger partial charge in [0.1, 0.15) is 5.82 Å². The first-order valence-corrected chi connectivity index (χ1v) is 9.93. The van der Waals surface area contributed by atoms with Crippen molar-refractivity contribution in [3.63, 3.8) is 0 Å². The van der Waals surface area contributed by atoms with Crippen molar-refractivity contribution in [2.75, 3.05) is 13.1 Å². The SMILES string of the molecule is O=C(N[C@@H]1C[C@H]2CC[C@H]1C2)C1CCN(Cc2c(F)cccc2Cl)CC1. The Morgan fingerprint density at radius 1 is 1.20 bits per heavy atom. The van der Waals surface area contributed by atoms with Gasteiger partial charge in [-0.1, -0.05) is 24.1 Å². The van der Waals surface area contributed by atoms with E-state index in [-0.39, 0.29) is 17.6 Å². The molecule has 3 atom stereocenters. The van der Waals surface area contributed by atoms with Crippen LogP contribution in [0.15, 0.2) is 18.2 Å². The van der Waals surface area contributed by atoms with Crippen LogP contribution >= 0.6 is 11.6 Å². The molecular weight excluding hydrogens is 339 g/mol. The van der Waals surface area contributed by atoms with Crippen molar-refractivity contribution >= 4 is 17.5 Å². The minimum absolute atomic E-state index is 0.103. The molecule has 3 aliphatic rings. The lowest BCUT2D eigenvalue weighted by Gasteiger charge is -2.33. The maximum atomic E-state index is 13.9. The molecule has 2 aliphatic carbocycles. The highest BCUT2D eigenvalue weighted by Crippen LogP contribution is 2.44. The van der Waals surface area contributed by atoms with Gasteiger partial charge in [0.2, 0.25) is 5.91 Å². The summed E-state index contributed by atoms with van der Waals surface area (Å²) in [5.74, 6) is 1.66. The Kier molecular flexibility index (Phi) is 5.01. The van der Waals surface area contributed by atoms with E-state index in [4.69, 9.17) is 11.6 Å². The smallest absolute Gasteiger partial charge is 0.223 e. The van der Waals surface area contributed by atoms with E-state index in [0.717, 1.165) is 37.8 Å². The van der Waals surface area contributed by atoms with Crippen molar-refractivity contribution < 1.29 is 9.18 Å². The van der Waals surface area contributed by atoms with Crippen molar-refractivity contribution in [2.24, 2.45) is 17.8 Å². The summed E-state index contributed by atoms with van der Waals surface area (Å²) in [7, 11) is 0. The highest BCUT2D eigenvalue weighted by atomic mass is 35.5. The van der Waals surface area contributed by atoms with Crippen LogP contribution < -0.4 is 5.32 Å². The van der Waals surface area contributed by atoms with Crippen LogP contribution in [0.1, 0.15) is 44.1 Å². The minimum atomic E-state index is -0.247. The second-order valence-corrected chi connectivity index (χ2v) is 8.45. The fourth-order valence-corrected chi connectivity index (χ4v) is 5.21. The monoisotopic (exact) mass is 364 g/mol. The molecular formula is C20H26ClFN2O. The molecule has 1 N–H and O–H groups in total. The molecule has 1 amide bonds. The zero-order valence-electron chi connectivity index (χ0n) is 14.5. The summed E-state index contributed by atoms with van der Waals surface area (Å²) in [5, 5.41) is 3.81. The third-order valence-corrected chi connectivity index (χ3v) is 6.82. The van der Waals surface area contributed by atoms with Crippen LogP contribution in [0.4, 0.5) is 4.39 Å². The summed E-state index contributed by atoms with van der Waals surface area (Å²) >= 11 is 6.12. The molecule has 136 valence electrons. The van der Waals surface area contributed by atoms with Gasteiger partial charge in [0.25, 0.3) is 0 Å². The maximum Gasteiger partial charge on any atom is 0.223 e. The van der Waals surface area contributed by atoms with Gasteiger partial charge in [-0.3, -0.25) is 9.69 Å². The Morgan fingerprint density at radius 2 is 2.00 bits per heavy atom. The molecule has 0 aromatic heterocycles. The first-order chi connectivity index (χ1) is 12.1. The van der Waals surface area contributed by atoms with Crippen LogP contribution in [0, 0.1) is 23.6 Å². The molecule has 1 saturated heterocycles. The second-order valence-electron chi connectivity index (χ2n) is 8.04. The van der Waals surface area contributed by atoms with Gasteiger partial charge >= 0.3 is 0 Å². The topological polar surface area (TPSA) is 32.3 Å². The average molecular weight is 365 g/mol. The number of amides is 1. The Bertz CT molecular complexity index is 624. The summed E-state index contributed by atoms with van der Waals surface area (Å²) in [5.41, 5.74) is 0.564. The van der Waals surface area contributed by atoms with E-state index in [9.17, 15) is 9.18 Å². The van der Waals surface area contributed by atoms with Crippen LogP contribution in [0.25, 0.3) is 0 Å². The van der Waals surface area contributed by atoms with Crippen LogP contribution in [0.5, 0.6) is 0 Å². The molecule has 1 aromatic rings. The van der Waals surface area contributed by atoms with Gasteiger partial charge in [-0.15, -0.1) is 0 Å². The zero-order chi connectivity index (χ0) is 17.4. The van der Waals surface area contributed by atoms with Crippen LogP contribution in [0.2, 0.25) is 5.02 Å². The quantitative estimate of drug-likeness (QED) is 0.875. The largest absolute Gasteiger partial charge is 0.353 e. The number of rotatable bonds is 4. The number of carbonyl (C=O) groups excluding carboxylic acids is 1. The fourth-order valence-electron chi connectivity index (χ4n) is 4.98. The predicted molar refractivity (Wildman–Crippen MR) is 96.8 cm³/mol.